The largest absolute Gasteiger partial charge is 0.481 e. The van der Waals surface area contributed by atoms with E-state index in [-0.39, 0.29) is 24.8 Å². The van der Waals surface area contributed by atoms with Gasteiger partial charge in [0.05, 0.1) is 24.3 Å². The summed E-state index contributed by atoms with van der Waals surface area (Å²) in [6, 6.07) is 20.3. The number of hydrogen-bond donors (Lipinski definition) is 4. The molecule has 0 saturated heterocycles. The third kappa shape index (κ3) is 7.25. The normalized spacial score (nSPS) is 12.7. The molecule has 0 aliphatic heterocycles. The second-order valence-corrected chi connectivity index (χ2v) is 10.2. The van der Waals surface area contributed by atoms with Crippen LogP contribution in [-0.2, 0) is 11.2 Å². The Bertz CT molecular complexity index is 1470. The monoisotopic (exact) mass is 559 g/mol. The molecule has 4 N–H and O–H groups in total. The first kappa shape index (κ1) is 29.6. The van der Waals surface area contributed by atoms with Crippen LogP contribution in [0.2, 0.25) is 0 Å². The molecule has 2 aromatic carbocycles. The number of carbonyl (C=O) groups excluding carboxylic acids is 1. The van der Waals surface area contributed by atoms with Gasteiger partial charge in [0.25, 0.3) is 5.91 Å². The highest BCUT2D eigenvalue weighted by Crippen LogP contribution is 2.42. The molecule has 8 nitrogen and oxygen atoms in total. The molecule has 0 aliphatic rings. The van der Waals surface area contributed by atoms with Crippen LogP contribution in [0, 0.1) is 5.82 Å². The number of nitrogens with zero attached hydrogens (tertiary/aromatic N) is 2. The van der Waals surface area contributed by atoms with E-state index in [1.54, 1.807) is 36.5 Å². The molecule has 0 radical (unpaired) electrons. The number of hydrogen-bond acceptors (Lipinski definition) is 5. The van der Waals surface area contributed by atoms with Crippen molar-refractivity contribution >= 4 is 17.6 Å². The quantitative estimate of drug-likeness (QED) is 0.176. The first-order valence-corrected chi connectivity index (χ1v) is 13.5. The lowest BCUT2D eigenvalue weighted by atomic mass is 9.94. The molecule has 0 unspecified atom stereocenters. The van der Waals surface area contributed by atoms with Crippen LogP contribution in [0.4, 0.5) is 10.1 Å². The molecule has 0 saturated carbocycles. The molecule has 4 aromatic rings. The molecular formula is C32H34FN3O5. The number of carboxylic acids is 1. The van der Waals surface area contributed by atoms with Crippen LogP contribution in [0.3, 0.4) is 0 Å². The molecule has 0 aliphatic carbocycles. The fourth-order valence-corrected chi connectivity index (χ4v) is 5.10. The van der Waals surface area contributed by atoms with Crippen molar-refractivity contribution in [2.75, 3.05) is 5.32 Å². The minimum atomic E-state index is -1.19. The van der Waals surface area contributed by atoms with Crippen LogP contribution in [0.1, 0.15) is 55.3 Å². The minimum absolute atomic E-state index is 0.102. The molecule has 1 amide bonds. The molecular weight excluding hydrogens is 525 g/mol. The van der Waals surface area contributed by atoms with Crippen LogP contribution in [0.15, 0.2) is 79.0 Å². The maximum atomic E-state index is 14.0. The number of halogens is 1. The van der Waals surface area contributed by atoms with Gasteiger partial charge in [-0.2, -0.15) is 0 Å². The van der Waals surface area contributed by atoms with Gasteiger partial charge in [-0.05, 0) is 75.1 Å². The second-order valence-electron chi connectivity index (χ2n) is 10.2. The Morgan fingerprint density at radius 1 is 0.927 bits per heavy atom. The van der Waals surface area contributed by atoms with Gasteiger partial charge in [0.1, 0.15) is 11.5 Å². The van der Waals surface area contributed by atoms with Crippen LogP contribution in [-0.4, -0.2) is 49.0 Å². The summed E-state index contributed by atoms with van der Waals surface area (Å²) in [4.78, 5) is 29.6. The Hall–Kier alpha value is -4.34. The smallest absolute Gasteiger partial charge is 0.305 e. The number of para-hydroxylation sites is 1. The lowest BCUT2D eigenvalue weighted by Crippen LogP contribution is -2.22. The zero-order valence-corrected chi connectivity index (χ0v) is 23.0. The van der Waals surface area contributed by atoms with Gasteiger partial charge in [0, 0.05) is 34.7 Å². The number of nitrogens with one attached hydrogen (secondary N) is 1. The Labute approximate surface area is 238 Å². The van der Waals surface area contributed by atoms with E-state index in [1.165, 1.54) is 12.1 Å². The maximum absolute atomic E-state index is 14.0. The zero-order chi connectivity index (χ0) is 29.5. The molecule has 0 fully saturated rings. The molecule has 0 spiro atoms. The van der Waals surface area contributed by atoms with Crippen molar-refractivity contribution in [3.63, 3.8) is 0 Å². The highest BCUT2D eigenvalue weighted by atomic mass is 19.1. The summed E-state index contributed by atoms with van der Waals surface area (Å²) < 4.78 is 15.9. The lowest BCUT2D eigenvalue weighted by Gasteiger charge is -2.20. The summed E-state index contributed by atoms with van der Waals surface area (Å²) in [6.07, 6.45) is -0.605. The van der Waals surface area contributed by atoms with Crippen molar-refractivity contribution in [1.29, 1.82) is 0 Å². The topological polar surface area (TPSA) is 125 Å². The Balaban J connectivity index is 1.89. The Morgan fingerprint density at radius 2 is 1.61 bits per heavy atom. The number of carboxylic acid groups (broad SMARTS) is 1. The number of aliphatic hydroxyl groups is 2. The fraction of sp³-hybridized carbons (Fsp3) is 0.281. The standard InChI is InChI=1S/C32H34FN3O5/c1-20(2)36-27(16-15-24(37)18-25(38)19-28(39)40)29(21-11-13-22(33)14-12-21)30(26-10-6-7-17-34-26)31(36)32(41)35-23-8-4-3-5-9-23/h3-14,17,20,24-25,37-38H,15-16,18-19H2,1-2H3,(H,35,41)(H,39,40)/t24-,25-/m1/s1. The van der Waals surface area contributed by atoms with Crippen molar-refractivity contribution in [1.82, 2.24) is 9.55 Å². The highest BCUT2D eigenvalue weighted by Gasteiger charge is 2.31. The van der Waals surface area contributed by atoms with E-state index >= 15 is 0 Å². The lowest BCUT2D eigenvalue weighted by molar-refractivity contribution is -0.139. The average molecular weight is 560 g/mol. The molecule has 4 rings (SSSR count). The second kappa shape index (κ2) is 13.3. The van der Waals surface area contributed by atoms with Crippen molar-refractivity contribution < 1.29 is 29.3 Å². The predicted molar refractivity (Wildman–Crippen MR) is 155 cm³/mol. The summed E-state index contributed by atoms with van der Waals surface area (Å²) in [5.41, 5.74) is 4.23. The number of carbonyl (C=O) groups is 2. The van der Waals surface area contributed by atoms with E-state index in [1.807, 2.05) is 48.7 Å². The van der Waals surface area contributed by atoms with Crippen LogP contribution >= 0.6 is 0 Å². The summed E-state index contributed by atoms with van der Waals surface area (Å²) in [6.45, 7) is 3.90. The van der Waals surface area contributed by atoms with E-state index in [0.29, 0.717) is 40.2 Å². The number of rotatable bonds is 12. The Morgan fingerprint density at radius 3 is 2.22 bits per heavy atom. The van der Waals surface area contributed by atoms with E-state index in [4.69, 9.17) is 5.11 Å². The van der Waals surface area contributed by atoms with E-state index in [9.17, 15) is 24.2 Å². The summed E-state index contributed by atoms with van der Waals surface area (Å²) in [7, 11) is 0. The zero-order valence-electron chi connectivity index (χ0n) is 23.0. The van der Waals surface area contributed by atoms with E-state index in [0.717, 1.165) is 5.69 Å². The minimum Gasteiger partial charge on any atom is -0.481 e. The number of anilines is 1. The van der Waals surface area contributed by atoms with Gasteiger partial charge < -0.3 is 25.2 Å². The van der Waals surface area contributed by atoms with Gasteiger partial charge >= 0.3 is 5.97 Å². The first-order valence-electron chi connectivity index (χ1n) is 13.5. The van der Waals surface area contributed by atoms with E-state index in [2.05, 4.69) is 10.3 Å². The third-order valence-electron chi connectivity index (χ3n) is 6.79. The number of benzene rings is 2. The molecule has 2 atom stereocenters. The van der Waals surface area contributed by atoms with Crippen molar-refractivity contribution in [2.45, 2.75) is 57.8 Å². The van der Waals surface area contributed by atoms with Gasteiger partial charge in [-0.1, -0.05) is 36.4 Å². The van der Waals surface area contributed by atoms with Gasteiger partial charge in [0.2, 0.25) is 0 Å². The first-order chi connectivity index (χ1) is 19.7. The van der Waals surface area contributed by atoms with Crippen molar-refractivity contribution in [3.8, 4) is 22.4 Å². The van der Waals surface area contributed by atoms with Crippen LogP contribution in [0.5, 0.6) is 0 Å². The van der Waals surface area contributed by atoms with Crippen molar-refractivity contribution in [3.05, 3.63) is 96.2 Å². The molecule has 2 heterocycles. The van der Waals surface area contributed by atoms with Gasteiger partial charge in [-0.25, -0.2) is 4.39 Å². The van der Waals surface area contributed by atoms with Gasteiger partial charge in [0.15, 0.2) is 0 Å². The van der Waals surface area contributed by atoms with Crippen LogP contribution < -0.4 is 5.32 Å². The SMILES string of the molecule is CC(C)n1c(CC[C@@H](O)C[C@@H](O)CC(=O)O)c(-c2ccc(F)cc2)c(-c2ccccn2)c1C(=O)Nc1ccccc1. The summed E-state index contributed by atoms with van der Waals surface area (Å²) in [5, 5.41) is 32.7. The molecule has 0 bridgehead atoms. The predicted octanol–water partition coefficient (Wildman–Crippen LogP) is 5.71. The number of aliphatic carboxylic acids is 1. The summed E-state index contributed by atoms with van der Waals surface area (Å²) >= 11 is 0. The third-order valence-corrected chi connectivity index (χ3v) is 6.79. The number of aliphatic hydroxyl groups excluding tert-OH is 2. The number of aromatic nitrogens is 2. The molecule has 2 aromatic heterocycles. The van der Waals surface area contributed by atoms with Gasteiger partial charge in [-0.3, -0.25) is 14.6 Å². The molecule has 214 valence electrons. The molecule has 9 heteroatoms. The number of amides is 1. The number of pyridine rings is 1. The average Bonchev–Trinajstić information content (AvgIpc) is 3.28. The van der Waals surface area contributed by atoms with E-state index < -0.39 is 30.4 Å². The molecule has 41 heavy (non-hydrogen) atoms. The van der Waals surface area contributed by atoms with Crippen LogP contribution in [0.25, 0.3) is 22.4 Å². The highest BCUT2D eigenvalue weighted by molar-refractivity contribution is 6.10. The summed E-state index contributed by atoms with van der Waals surface area (Å²) in [5.74, 6) is -1.90. The Kier molecular flexibility index (Phi) is 9.65. The van der Waals surface area contributed by atoms with Crippen molar-refractivity contribution in [2.24, 2.45) is 0 Å². The van der Waals surface area contributed by atoms with Gasteiger partial charge in [-0.15, -0.1) is 0 Å². The maximum Gasteiger partial charge on any atom is 0.305 e. The fourth-order valence-electron chi connectivity index (χ4n) is 5.10.